The molecule has 142 valence electrons. The van der Waals surface area contributed by atoms with Crippen molar-refractivity contribution in [1.29, 1.82) is 0 Å². The fraction of sp³-hybridized carbons (Fsp3) is 0.611. The van der Waals surface area contributed by atoms with E-state index in [0.29, 0.717) is 39.1 Å². The number of carboxylic acid groups (broad SMARTS) is 1. The largest absolute Gasteiger partial charge is 0.480 e. The van der Waals surface area contributed by atoms with Crippen molar-refractivity contribution in [2.24, 2.45) is 0 Å². The van der Waals surface area contributed by atoms with Crippen molar-refractivity contribution in [3.63, 3.8) is 0 Å². The third-order valence-electron chi connectivity index (χ3n) is 4.97. The zero-order valence-electron chi connectivity index (χ0n) is 14.9. The van der Waals surface area contributed by atoms with Gasteiger partial charge in [0, 0.05) is 37.4 Å². The number of carbonyl (C=O) groups is 3. The van der Waals surface area contributed by atoms with Gasteiger partial charge < -0.3 is 19.6 Å². The quantitative estimate of drug-likeness (QED) is 0.860. The molecule has 8 heteroatoms. The number of hydrogen-bond acceptors (Lipinski definition) is 5. The van der Waals surface area contributed by atoms with Crippen LogP contribution in [0.2, 0.25) is 0 Å². The Balaban J connectivity index is 1.66. The van der Waals surface area contributed by atoms with Crippen molar-refractivity contribution in [2.75, 3.05) is 26.2 Å². The number of rotatable bonds is 4. The maximum Gasteiger partial charge on any atom is 0.323 e. The van der Waals surface area contributed by atoms with Crippen molar-refractivity contribution in [2.45, 2.75) is 45.3 Å². The number of amides is 2. The molecule has 1 aromatic rings. The van der Waals surface area contributed by atoms with Crippen LogP contribution in [0.3, 0.4) is 0 Å². The van der Waals surface area contributed by atoms with Gasteiger partial charge in [0.05, 0.1) is 18.1 Å². The highest BCUT2D eigenvalue weighted by Crippen LogP contribution is 2.28. The molecule has 1 saturated heterocycles. The first kappa shape index (κ1) is 18.8. The average molecular weight is 380 g/mol. The Morgan fingerprint density at radius 1 is 1.35 bits per heavy atom. The van der Waals surface area contributed by atoms with E-state index in [4.69, 9.17) is 9.84 Å². The van der Waals surface area contributed by atoms with E-state index in [0.717, 1.165) is 23.3 Å². The molecule has 26 heavy (non-hydrogen) atoms. The van der Waals surface area contributed by atoms with Crippen LogP contribution in [0.5, 0.6) is 0 Å². The monoisotopic (exact) mass is 380 g/mol. The topological polar surface area (TPSA) is 87.2 Å². The molecular weight excluding hydrogens is 356 g/mol. The minimum absolute atomic E-state index is 0.0256. The molecule has 0 radical (unpaired) electrons. The van der Waals surface area contributed by atoms with Gasteiger partial charge in [0.15, 0.2) is 0 Å². The average Bonchev–Trinajstić information content (AvgIpc) is 2.89. The van der Waals surface area contributed by atoms with Crippen LogP contribution in [-0.4, -0.2) is 65.0 Å². The molecule has 1 fully saturated rings. The zero-order valence-corrected chi connectivity index (χ0v) is 15.7. The molecule has 3 rings (SSSR count). The van der Waals surface area contributed by atoms with Gasteiger partial charge in [-0.05, 0) is 30.9 Å². The molecule has 1 atom stereocenters. The number of fused-ring (bicyclic) bond motifs is 1. The maximum atomic E-state index is 12.9. The second-order valence-corrected chi connectivity index (χ2v) is 7.92. The van der Waals surface area contributed by atoms with Gasteiger partial charge in [-0.15, -0.1) is 11.3 Å². The van der Waals surface area contributed by atoms with Crippen molar-refractivity contribution in [3.05, 3.63) is 21.4 Å². The number of carboxylic acids is 1. The van der Waals surface area contributed by atoms with Crippen LogP contribution in [0.25, 0.3) is 0 Å². The number of aliphatic carboxylic acids is 1. The van der Waals surface area contributed by atoms with Gasteiger partial charge in [0.25, 0.3) is 5.91 Å². The van der Waals surface area contributed by atoms with Gasteiger partial charge in [-0.1, -0.05) is 0 Å². The molecule has 2 aliphatic heterocycles. The first-order chi connectivity index (χ1) is 12.5. The highest BCUT2D eigenvalue weighted by atomic mass is 32.1. The predicted molar refractivity (Wildman–Crippen MR) is 96.2 cm³/mol. The summed E-state index contributed by atoms with van der Waals surface area (Å²) < 4.78 is 5.45. The Morgan fingerprint density at radius 3 is 2.85 bits per heavy atom. The van der Waals surface area contributed by atoms with Crippen LogP contribution in [-0.2, 0) is 27.4 Å². The van der Waals surface area contributed by atoms with Gasteiger partial charge in [-0.3, -0.25) is 14.4 Å². The van der Waals surface area contributed by atoms with E-state index in [1.165, 1.54) is 16.7 Å². The van der Waals surface area contributed by atoms with Crippen molar-refractivity contribution in [1.82, 2.24) is 9.80 Å². The molecule has 2 amide bonds. The summed E-state index contributed by atoms with van der Waals surface area (Å²) in [5, 5.41) is 9.04. The summed E-state index contributed by atoms with van der Waals surface area (Å²) in [7, 11) is 0. The van der Waals surface area contributed by atoms with E-state index < -0.39 is 5.97 Å². The van der Waals surface area contributed by atoms with E-state index in [-0.39, 0.29) is 24.4 Å². The lowest BCUT2D eigenvalue weighted by molar-refractivity contribution is -0.145. The lowest BCUT2D eigenvalue weighted by Gasteiger charge is -2.28. The number of ether oxygens (including phenoxy) is 1. The molecule has 0 aromatic carbocycles. The fourth-order valence-corrected chi connectivity index (χ4v) is 4.76. The van der Waals surface area contributed by atoms with Crippen molar-refractivity contribution < 1.29 is 24.2 Å². The summed E-state index contributed by atoms with van der Waals surface area (Å²) in [5.74, 6) is -1.22. The minimum Gasteiger partial charge on any atom is -0.480 e. The molecule has 0 bridgehead atoms. The Hall–Kier alpha value is -1.93. The Kier molecular flexibility index (Phi) is 5.93. The molecule has 2 aliphatic rings. The third kappa shape index (κ3) is 4.24. The first-order valence-corrected chi connectivity index (χ1v) is 9.75. The predicted octanol–water partition coefficient (Wildman–Crippen LogP) is 1.75. The fourth-order valence-electron chi connectivity index (χ4n) is 3.65. The van der Waals surface area contributed by atoms with E-state index in [1.54, 1.807) is 11.3 Å². The molecule has 1 N–H and O–H groups in total. The number of thiophene rings is 1. The zero-order chi connectivity index (χ0) is 18.7. The number of hydrogen-bond donors (Lipinski definition) is 1. The van der Waals surface area contributed by atoms with Crippen LogP contribution >= 0.6 is 11.3 Å². The maximum absolute atomic E-state index is 12.9. The summed E-state index contributed by atoms with van der Waals surface area (Å²) in [5.41, 5.74) is 1.11. The summed E-state index contributed by atoms with van der Waals surface area (Å²) in [4.78, 5) is 40.9. The summed E-state index contributed by atoms with van der Waals surface area (Å²) in [6.45, 7) is 3.56. The second-order valence-electron chi connectivity index (χ2n) is 6.78. The lowest BCUT2D eigenvalue weighted by atomic mass is 10.1. The smallest absolute Gasteiger partial charge is 0.323 e. The minimum atomic E-state index is -1.01. The van der Waals surface area contributed by atoms with Crippen LogP contribution in [0.4, 0.5) is 0 Å². The van der Waals surface area contributed by atoms with E-state index in [1.807, 2.05) is 11.0 Å². The second kappa shape index (κ2) is 8.18. The molecule has 0 spiro atoms. The van der Waals surface area contributed by atoms with Gasteiger partial charge >= 0.3 is 5.97 Å². The van der Waals surface area contributed by atoms with Crippen LogP contribution < -0.4 is 0 Å². The van der Waals surface area contributed by atoms with Crippen LogP contribution in [0.15, 0.2) is 6.07 Å². The standard InChI is InChI=1S/C18H24N2O5S/c1-12(21)20(10-17(22)23)14-3-2-6-19(7-4-14)18(24)16-9-13-11-25-8-5-15(13)26-16/h9,14H,2-8,10-11H2,1H3,(H,22,23). The SMILES string of the molecule is CC(=O)N(CC(=O)O)C1CCCN(C(=O)c2cc3c(s2)CCOC3)CC1. The van der Waals surface area contributed by atoms with Crippen LogP contribution in [0, 0.1) is 0 Å². The van der Waals surface area contributed by atoms with Crippen molar-refractivity contribution >= 4 is 29.1 Å². The molecule has 7 nitrogen and oxygen atoms in total. The van der Waals surface area contributed by atoms with Gasteiger partial charge in [-0.2, -0.15) is 0 Å². The molecule has 1 aromatic heterocycles. The number of likely N-dealkylation sites (tertiary alicyclic amines) is 1. The van der Waals surface area contributed by atoms with E-state index in [9.17, 15) is 14.4 Å². The molecular formula is C18H24N2O5S. The molecule has 1 unspecified atom stereocenters. The summed E-state index contributed by atoms with van der Waals surface area (Å²) in [6, 6.07) is 1.81. The number of carbonyl (C=O) groups excluding carboxylic acids is 2. The summed E-state index contributed by atoms with van der Waals surface area (Å²) >= 11 is 1.55. The number of nitrogens with zero attached hydrogens (tertiary/aromatic N) is 2. The van der Waals surface area contributed by atoms with E-state index >= 15 is 0 Å². The molecule has 0 saturated carbocycles. The first-order valence-electron chi connectivity index (χ1n) is 8.93. The third-order valence-corrected chi connectivity index (χ3v) is 6.20. The molecule has 3 heterocycles. The molecule has 0 aliphatic carbocycles. The van der Waals surface area contributed by atoms with Crippen molar-refractivity contribution in [3.8, 4) is 0 Å². The Bertz CT molecular complexity index is 678. The normalized spacial score (nSPS) is 20.2. The van der Waals surface area contributed by atoms with Crippen LogP contribution in [0.1, 0.15) is 46.3 Å². The Labute approximate surface area is 156 Å². The van der Waals surface area contributed by atoms with Gasteiger partial charge in [0.1, 0.15) is 6.54 Å². The Morgan fingerprint density at radius 2 is 2.15 bits per heavy atom. The van der Waals surface area contributed by atoms with Gasteiger partial charge in [0.2, 0.25) is 5.91 Å². The van der Waals surface area contributed by atoms with Gasteiger partial charge in [-0.25, -0.2) is 0 Å². The summed E-state index contributed by atoms with van der Waals surface area (Å²) in [6.07, 6.45) is 2.93. The van der Waals surface area contributed by atoms with E-state index in [2.05, 4.69) is 0 Å². The lowest BCUT2D eigenvalue weighted by Crippen LogP contribution is -2.43. The highest BCUT2D eigenvalue weighted by Gasteiger charge is 2.29. The highest BCUT2D eigenvalue weighted by molar-refractivity contribution is 7.14.